The summed E-state index contributed by atoms with van der Waals surface area (Å²) >= 11 is 0. The van der Waals surface area contributed by atoms with Gasteiger partial charge in [0.1, 0.15) is 42.7 Å². The monoisotopic (exact) mass is 436 g/mol. The van der Waals surface area contributed by atoms with E-state index in [2.05, 4.69) is 11.1 Å². The molecule has 1 aromatic heterocycles. The van der Waals surface area contributed by atoms with E-state index in [1.807, 2.05) is 13.0 Å². The van der Waals surface area contributed by atoms with E-state index in [0.29, 0.717) is 17.5 Å². The Morgan fingerprint density at radius 3 is 2.62 bits per heavy atom. The quantitative estimate of drug-likeness (QED) is 0.608. The summed E-state index contributed by atoms with van der Waals surface area (Å²) in [4.78, 5) is 4.09. The number of benzene rings is 1. The molecular weight excluding hydrogens is 412 g/mol. The van der Waals surface area contributed by atoms with Gasteiger partial charge in [-0.1, -0.05) is 19.4 Å². The lowest BCUT2D eigenvalue weighted by Crippen LogP contribution is -2.60. The minimum atomic E-state index is -1.38. The zero-order chi connectivity index (χ0) is 22.8. The molecule has 0 bridgehead atoms. The predicted molar refractivity (Wildman–Crippen MR) is 113 cm³/mol. The van der Waals surface area contributed by atoms with E-state index in [1.165, 1.54) is 0 Å². The first-order valence-electron chi connectivity index (χ1n) is 10.5. The molecule has 3 heterocycles. The van der Waals surface area contributed by atoms with E-state index in [-0.39, 0.29) is 29.0 Å². The zero-order valence-electron chi connectivity index (χ0n) is 17.5. The summed E-state index contributed by atoms with van der Waals surface area (Å²) in [6, 6.07) is 9.14. The number of hydrogen-bond donors (Lipinski definition) is 3. The fourth-order valence-corrected chi connectivity index (χ4v) is 4.25. The Labute approximate surface area is 185 Å². The standard InChI is InChI=1S/C23H24N4O5/c1-2-4-18-30-11-17-23(32-18)21(29)20(28)22(31-17)14-7-13(12-5-3-6-27-10-12)15(8-24)19(26)16(14)9-25/h3,5-7,10,17-18,20-23,28-29H,2,4,11,26H2,1H3/t17-,18?,20-,21-,22+,23-/m1/s1. The van der Waals surface area contributed by atoms with Crippen LogP contribution in [-0.4, -0.2) is 52.5 Å². The second kappa shape index (κ2) is 9.21. The Hall–Kier alpha value is -3.05. The maximum absolute atomic E-state index is 10.9. The number of aliphatic hydroxyl groups excluding tert-OH is 2. The van der Waals surface area contributed by atoms with Crippen LogP contribution in [0.3, 0.4) is 0 Å². The Balaban J connectivity index is 1.76. The largest absolute Gasteiger partial charge is 0.397 e. The van der Waals surface area contributed by atoms with Crippen LogP contribution in [0.4, 0.5) is 5.69 Å². The first-order chi connectivity index (χ1) is 15.5. The number of hydrogen-bond acceptors (Lipinski definition) is 9. The first kappa shape index (κ1) is 22.2. The van der Waals surface area contributed by atoms with Crippen LogP contribution in [0.2, 0.25) is 0 Å². The van der Waals surface area contributed by atoms with Gasteiger partial charge in [-0.05, 0) is 18.6 Å². The molecule has 32 heavy (non-hydrogen) atoms. The molecule has 0 amide bonds. The normalized spacial score (nSPS) is 29.5. The smallest absolute Gasteiger partial charge is 0.158 e. The second-order valence-corrected chi connectivity index (χ2v) is 7.87. The van der Waals surface area contributed by atoms with Crippen molar-refractivity contribution in [2.24, 2.45) is 0 Å². The number of nitrogen functional groups attached to an aromatic ring is 1. The van der Waals surface area contributed by atoms with Crippen molar-refractivity contribution < 1.29 is 24.4 Å². The number of fused-ring (bicyclic) bond motifs is 1. The second-order valence-electron chi connectivity index (χ2n) is 7.87. The minimum absolute atomic E-state index is 0.0158. The summed E-state index contributed by atoms with van der Waals surface area (Å²) in [5.41, 5.74) is 7.70. The van der Waals surface area contributed by atoms with Gasteiger partial charge in [0.05, 0.1) is 23.4 Å². The lowest BCUT2D eigenvalue weighted by atomic mass is 9.85. The maximum Gasteiger partial charge on any atom is 0.158 e. The molecule has 1 aromatic carbocycles. The minimum Gasteiger partial charge on any atom is -0.397 e. The van der Waals surface area contributed by atoms with E-state index >= 15 is 0 Å². The molecule has 2 aromatic rings. The Kier molecular flexibility index (Phi) is 6.38. The number of pyridine rings is 1. The summed E-state index contributed by atoms with van der Waals surface area (Å²) in [6.07, 6.45) is -0.894. The lowest BCUT2D eigenvalue weighted by molar-refractivity contribution is -0.327. The van der Waals surface area contributed by atoms with Crippen LogP contribution in [0.1, 0.15) is 42.6 Å². The molecule has 1 unspecified atom stereocenters. The molecule has 0 aliphatic carbocycles. The van der Waals surface area contributed by atoms with Crippen molar-refractivity contribution in [3.05, 3.63) is 47.3 Å². The molecule has 6 atom stereocenters. The summed E-state index contributed by atoms with van der Waals surface area (Å²) in [6.45, 7) is 2.18. The number of nitrogens with zero attached hydrogens (tertiary/aromatic N) is 3. The highest BCUT2D eigenvalue weighted by Crippen LogP contribution is 2.41. The lowest BCUT2D eigenvalue weighted by Gasteiger charge is -2.47. The number of aromatic nitrogens is 1. The molecule has 9 heteroatoms. The van der Waals surface area contributed by atoms with Crippen molar-refractivity contribution >= 4 is 5.69 Å². The van der Waals surface area contributed by atoms with Crippen LogP contribution in [-0.2, 0) is 14.2 Å². The topological polar surface area (TPSA) is 155 Å². The van der Waals surface area contributed by atoms with Crippen molar-refractivity contribution in [1.82, 2.24) is 4.98 Å². The van der Waals surface area contributed by atoms with Gasteiger partial charge in [0.2, 0.25) is 0 Å². The number of nitrogens with two attached hydrogens (primary N) is 1. The number of anilines is 1. The van der Waals surface area contributed by atoms with Crippen LogP contribution in [0.15, 0.2) is 30.6 Å². The molecule has 2 aliphatic rings. The highest BCUT2D eigenvalue weighted by atomic mass is 16.7. The number of nitriles is 2. The maximum atomic E-state index is 10.9. The molecule has 2 fully saturated rings. The predicted octanol–water partition coefficient (Wildman–Crippen LogP) is 1.78. The van der Waals surface area contributed by atoms with Gasteiger partial charge in [0.15, 0.2) is 6.29 Å². The first-order valence-corrected chi connectivity index (χ1v) is 10.5. The number of aliphatic hydroxyl groups is 2. The molecule has 166 valence electrons. The average Bonchev–Trinajstić information content (AvgIpc) is 2.82. The van der Waals surface area contributed by atoms with Crippen molar-refractivity contribution in [1.29, 1.82) is 10.5 Å². The van der Waals surface area contributed by atoms with Gasteiger partial charge < -0.3 is 30.2 Å². The highest BCUT2D eigenvalue weighted by Gasteiger charge is 2.49. The van der Waals surface area contributed by atoms with Gasteiger partial charge >= 0.3 is 0 Å². The van der Waals surface area contributed by atoms with Crippen LogP contribution in [0.5, 0.6) is 0 Å². The van der Waals surface area contributed by atoms with Gasteiger partial charge in [-0.25, -0.2) is 0 Å². The Bertz CT molecular complexity index is 1060. The Morgan fingerprint density at radius 2 is 1.97 bits per heavy atom. The van der Waals surface area contributed by atoms with Gasteiger partial charge in [-0.15, -0.1) is 0 Å². The van der Waals surface area contributed by atoms with Crippen molar-refractivity contribution in [3.8, 4) is 23.3 Å². The SMILES string of the molecule is CCCC1OC[C@H]2O[C@@H](c3cc(-c4cccnc4)c(C#N)c(N)c3C#N)[C@H](O)[C@@H](O)[C@@H]2O1. The van der Waals surface area contributed by atoms with E-state index in [0.717, 1.165) is 6.42 Å². The Morgan fingerprint density at radius 1 is 1.19 bits per heavy atom. The van der Waals surface area contributed by atoms with E-state index in [4.69, 9.17) is 19.9 Å². The molecular formula is C23H24N4O5. The van der Waals surface area contributed by atoms with Crippen molar-refractivity contribution in [2.75, 3.05) is 12.3 Å². The molecule has 9 nitrogen and oxygen atoms in total. The van der Waals surface area contributed by atoms with Crippen molar-refractivity contribution in [3.63, 3.8) is 0 Å². The summed E-state index contributed by atoms with van der Waals surface area (Å²) in [5.74, 6) is 0. The highest BCUT2D eigenvalue weighted by molar-refractivity contribution is 5.81. The van der Waals surface area contributed by atoms with Gasteiger partial charge in [-0.3, -0.25) is 4.98 Å². The molecule has 2 aliphatic heterocycles. The summed E-state index contributed by atoms with van der Waals surface area (Å²) < 4.78 is 17.6. The molecule has 0 spiro atoms. The summed E-state index contributed by atoms with van der Waals surface area (Å²) in [7, 11) is 0. The van der Waals surface area contributed by atoms with Crippen molar-refractivity contribution in [2.45, 2.75) is 56.6 Å². The van der Waals surface area contributed by atoms with Crippen LogP contribution in [0, 0.1) is 22.7 Å². The molecule has 4 N–H and O–H groups in total. The third kappa shape index (κ3) is 3.82. The molecule has 2 saturated heterocycles. The van der Waals surface area contributed by atoms with E-state index < -0.39 is 36.8 Å². The fourth-order valence-electron chi connectivity index (χ4n) is 4.25. The summed E-state index contributed by atoms with van der Waals surface area (Å²) in [5, 5.41) is 41.2. The van der Waals surface area contributed by atoms with Crippen LogP contribution < -0.4 is 5.73 Å². The van der Waals surface area contributed by atoms with E-state index in [9.17, 15) is 20.7 Å². The third-order valence-electron chi connectivity index (χ3n) is 5.86. The van der Waals surface area contributed by atoms with Crippen LogP contribution in [0.25, 0.3) is 11.1 Å². The van der Waals surface area contributed by atoms with Crippen LogP contribution >= 0.6 is 0 Å². The fraction of sp³-hybridized carbons (Fsp3) is 0.435. The van der Waals surface area contributed by atoms with Gasteiger partial charge in [0, 0.05) is 29.1 Å². The molecule has 0 radical (unpaired) electrons. The number of ether oxygens (including phenoxy) is 3. The average molecular weight is 436 g/mol. The number of rotatable bonds is 4. The van der Waals surface area contributed by atoms with Gasteiger partial charge in [0.25, 0.3) is 0 Å². The third-order valence-corrected chi connectivity index (χ3v) is 5.86. The van der Waals surface area contributed by atoms with E-state index in [1.54, 1.807) is 30.6 Å². The molecule has 0 saturated carbocycles. The van der Waals surface area contributed by atoms with Gasteiger partial charge in [-0.2, -0.15) is 10.5 Å². The zero-order valence-corrected chi connectivity index (χ0v) is 17.5. The molecule has 4 rings (SSSR count).